The van der Waals surface area contributed by atoms with E-state index in [1.54, 1.807) is 13.1 Å². The van der Waals surface area contributed by atoms with Gasteiger partial charge in [-0.2, -0.15) is 0 Å². The first kappa shape index (κ1) is 9.52. The van der Waals surface area contributed by atoms with Crippen LogP contribution in [0.25, 0.3) is 0 Å². The molecule has 1 aromatic heterocycles. The molecule has 1 unspecified atom stereocenters. The van der Waals surface area contributed by atoms with Gasteiger partial charge in [0, 0.05) is 30.8 Å². The Bertz CT molecular complexity index is 371. The summed E-state index contributed by atoms with van der Waals surface area (Å²) < 4.78 is 1.54. The van der Waals surface area contributed by atoms with E-state index in [0.29, 0.717) is 0 Å². The van der Waals surface area contributed by atoms with Crippen molar-refractivity contribution in [3.8, 4) is 0 Å². The number of hydrogen-bond donors (Lipinski definition) is 2. The molecule has 14 heavy (non-hydrogen) atoms. The average Bonchev–Trinajstić information content (AvgIpc) is 2.49. The lowest BCUT2D eigenvalue weighted by Gasteiger charge is -2.32. The molecule has 0 aliphatic carbocycles. The fourth-order valence-electron chi connectivity index (χ4n) is 2.08. The lowest BCUT2D eigenvalue weighted by atomic mass is 9.80. The van der Waals surface area contributed by atoms with Gasteiger partial charge in [0.05, 0.1) is 0 Å². The predicted octanol–water partition coefficient (Wildman–Crippen LogP) is 0.354. The molecule has 1 atom stereocenters. The fourth-order valence-corrected chi connectivity index (χ4v) is 2.08. The molecule has 78 valence electrons. The van der Waals surface area contributed by atoms with Crippen molar-refractivity contribution in [1.29, 1.82) is 0 Å². The van der Waals surface area contributed by atoms with Gasteiger partial charge in [-0.1, -0.05) is 6.92 Å². The lowest BCUT2D eigenvalue weighted by Crippen LogP contribution is -2.41. The van der Waals surface area contributed by atoms with Crippen molar-refractivity contribution in [3.63, 3.8) is 0 Å². The number of nitrogens with zero attached hydrogens (tertiary/aromatic N) is 1. The van der Waals surface area contributed by atoms with Crippen LogP contribution in [0.5, 0.6) is 0 Å². The Hall–Kier alpha value is -1.03. The third-order valence-corrected chi connectivity index (χ3v) is 3.13. The number of nitrogens with one attached hydrogen (secondary N) is 2. The summed E-state index contributed by atoms with van der Waals surface area (Å²) in [6, 6.07) is 1.72. The van der Waals surface area contributed by atoms with E-state index in [0.717, 1.165) is 25.2 Å². The van der Waals surface area contributed by atoms with Crippen molar-refractivity contribution in [2.75, 3.05) is 13.1 Å². The Morgan fingerprint density at radius 2 is 2.36 bits per heavy atom. The maximum absolute atomic E-state index is 11.3. The summed E-state index contributed by atoms with van der Waals surface area (Å²) in [7, 11) is 1.76. The molecule has 0 aromatic carbocycles. The van der Waals surface area contributed by atoms with Gasteiger partial charge in [-0.05, 0) is 19.4 Å². The molecular weight excluding hydrogens is 178 g/mol. The van der Waals surface area contributed by atoms with Crippen LogP contribution in [0.2, 0.25) is 0 Å². The minimum absolute atomic E-state index is 0.0480. The summed E-state index contributed by atoms with van der Waals surface area (Å²) in [5, 5.41) is 6.49. The first-order valence-corrected chi connectivity index (χ1v) is 5.09. The summed E-state index contributed by atoms with van der Waals surface area (Å²) in [6.07, 6.45) is 2.31. The van der Waals surface area contributed by atoms with E-state index < -0.39 is 0 Å². The van der Waals surface area contributed by atoms with Gasteiger partial charge in [-0.3, -0.25) is 14.6 Å². The smallest absolute Gasteiger partial charge is 0.266 e. The molecule has 2 heterocycles. The van der Waals surface area contributed by atoms with E-state index in [-0.39, 0.29) is 11.0 Å². The normalized spacial score (nSPS) is 27.9. The second-order valence-corrected chi connectivity index (χ2v) is 4.41. The number of hydrogen-bond acceptors (Lipinski definition) is 2. The molecule has 0 saturated carbocycles. The standard InChI is InChI=1S/C10H17N3O/c1-10(4-3-5-11-7-10)8-6-9(14)13(2)12-8/h6,11-12H,3-5,7H2,1-2H3. The first-order chi connectivity index (χ1) is 6.62. The SMILES string of the molecule is Cn1[nH]c(C2(C)CCCNC2)cc1=O. The van der Waals surface area contributed by atoms with Crippen molar-refractivity contribution in [2.24, 2.45) is 7.05 Å². The van der Waals surface area contributed by atoms with E-state index in [2.05, 4.69) is 17.3 Å². The second-order valence-electron chi connectivity index (χ2n) is 4.41. The topological polar surface area (TPSA) is 49.8 Å². The van der Waals surface area contributed by atoms with Crippen LogP contribution in [0.15, 0.2) is 10.9 Å². The molecule has 0 radical (unpaired) electrons. The van der Waals surface area contributed by atoms with Crippen LogP contribution in [0.4, 0.5) is 0 Å². The van der Waals surface area contributed by atoms with E-state index >= 15 is 0 Å². The van der Waals surface area contributed by atoms with Crippen molar-refractivity contribution >= 4 is 0 Å². The summed E-state index contributed by atoms with van der Waals surface area (Å²) in [5.41, 5.74) is 1.20. The molecular formula is C10H17N3O. The van der Waals surface area contributed by atoms with Gasteiger partial charge in [-0.15, -0.1) is 0 Å². The first-order valence-electron chi connectivity index (χ1n) is 5.09. The van der Waals surface area contributed by atoms with E-state index in [4.69, 9.17) is 0 Å². The predicted molar refractivity (Wildman–Crippen MR) is 55.5 cm³/mol. The molecule has 1 fully saturated rings. The number of aromatic nitrogens is 2. The molecule has 4 heteroatoms. The lowest BCUT2D eigenvalue weighted by molar-refractivity contribution is 0.330. The van der Waals surface area contributed by atoms with Crippen molar-refractivity contribution in [1.82, 2.24) is 15.1 Å². The van der Waals surface area contributed by atoms with Gasteiger partial charge < -0.3 is 5.32 Å². The van der Waals surface area contributed by atoms with E-state index in [9.17, 15) is 4.79 Å². The Balaban J connectivity index is 2.32. The molecule has 0 bridgehead atoms. The molecule has 2 N–H and O–H groups in total. The number of piperidine rings is 1. The molecule has 1 saturated heterocycles. The van der Waals surface area contributed by atoms with Gasteiger partial charge in [-0.25, -0.2) is 0 Å². The molecule has 4 nitrogen and oxygen atoms in total. The van der Waals surface area contributed by atoms with Gasteiger partial charge >= 0.3 is 0 Å². The Morgan fingerprint density at radius 1 is 1.57 bits per heavy atom. The van der Waals surface area contributed by atoms with Crippen LogP contribution in [0.3, 0.4) is 0 Å². The number of rotatable bonds is 1. The zero-order valence-electron chi connectivity index (χ0n) is 8.76. The van der Waals surface area contributed by atoms with Gasteiger partial charge in [0.1, 0.15) is 0 Å². The summed E-state index contributed by atoms with van der Waals surface area (Å²) in [4.78, 5) is 11.3. The Labute approximate surface area is 83.3 Å². The van der Waals surface area contributed by atoms with Crippen LogP contribution < -0.4 is 10.9 Å². The largest absolute Gasteiger partial charge is 0.316 e. The zero-order chi connectivity index (χ0) is 10.2. The fraction of sp³-hybridized carbons (Fsp3) is 0.700. The minimum atomic E-state index is 0.0480. The molecule has 0 spiro atoms. The van der Waals surface area contributed by atoms with Crippen LogP contribution in [-0.2, 0) is 12.5 Å². The summed E-state index contributed by atoms with van der Waals surface area (Å²) in [6.45, 7) is 4.24. The Kier molecular flexibility index (Phi) is 2.23. The maximum atomic E-state index is 11.3. The molecule has 1 aromatic rings. The highest BCUT2D eigenvalue weighted by Crippen LogP contribution is 2.28. The molecule has 0 amide bonds. The Morgan fingerprint density at radius 3 is 2.86 bits per heavy atom. The van der Waals surface area contributed by atoms with Crippen LogP contribution in [-0.4, -0.2) is 22.9 Å². The van der Waals surface area contributed by atoms with E-state index in [1.165, 1.54) is 11.1 Å². The van der Waals surface area contributed by atoms with E-state index in [1.807, 2.05) is 0 Å². The highest BCUT2D eigenvalue weighted by atomic mass is 16.1. The molecule has 1 aliphatic heterocycles. The van der Waals surface area contributed by atoms with Crippen LogP contribution in [0, 0.1) is 0 Å². The third kappa shape index (κ3) is 1.50. The van der Waals surface area contributed by atoms with Gasteiger partial charge in [0.2, 0.25) is 0 Å². The summed E-state index contributed by atoms with van der Waals surface area (Å²) >= 11 is 0. The monoisotopic (exact) mass is 195 g/mol. The zero-order valence-corrected chi connectivity index (χ0v) is 8.76. The minimum Gasteiger partial charge on any atom is -0.316 e. The molecule has 1 aliphatic rings. The molecule has 2 rings (SSSR count). The quantitative estimate of drug-likeness (QED) is 0.679. The van der Waals surface area contributed by atoms with Crippen LogP contribution >= 0.6 is 0 Å². The average molecular weight is 195 g/mol. The van der Waals surface area contributed by atoms with Crippen LogP contribution in [0.1, 0.15) is 25.5 Å². The van der Waals surface area contributed by atoms with Gasteiger partial charge in [0.25, 0.3) is 5.56 Å². The highest BCUT2D eigenvalue weighted by Gasteiger charge is 2.30. The number of aryl methyl sites for hydroxylation is 1. The maximum Gasteiger partial charge on any atom is 0.266 e. The number of aromatic amines is 1. The highest BCUT2D eigenvalue weighted by molar-refractivity contribution is 5.15. The third-order valence-electron chi connectivity index (χ3n) is 3.13. The van der Waals surface area contributed by atoms with Crippen molar-refractivity contribution in [3.05, 3.63) is 22.1 Å². The van der Waals surface area contributed by atoms with Crippen molar-refractivity contribution < 1.29 is 0 Å². The van der Waals surface area contributed by atoms with Crippen molar-refractivity contribution in [2.45, 2.75) is 25.2 Å². The van der Waals surface area contributed by atoms with Gasteiger partial charge in [0.15, 0.2) is 0 Å². The second kappa shape index (κ2) is 3.28. The number of H-pyrrole nitrogens is 1. The summed E-state index contributed by atoms with van der Waals surface area (Å²) in [5.74, 6) is 0.